The van der Waals surface area contributed by atoms with Gasteiger partial charge in [0.15, 0.2) is 0 Å². The number of phenolic OH excluding ortho intramolecular Hbond substituents is 1. The number of quaternary nitrogens is 1. The maximum absolute atomic E-state index is 12.0. The topological polar surface area (TPSA) is 124 Å². The number of pyridine rings is 1. The van der Waals surface area contributed by atoms with Crippen LogP contribution in [-0.4, -0.2) is 83.1 Å². The summed E-state index contributed by atoms with van der Waals surface area (Å²) in [6.07, 6.45) is 10.0. The Morgan fingerprint density at radius 2 is 1.79 bits per heavy atom. The van der Waals surface area contributed by atoms with E-state index < -0.39 is 11.7 Å². The van der Waals surface area contributed by atoms with Crippen LogP contribution in [0.25, 0.3) is 10.9 Å². The number of nitrogens with zero attached hydrogens (tertiary/aromatic N) is 1. The van der Waals surface area contributed by atoms with Gasteiger partial charge in [-0.3, -0.25) is 10.1 Å². The highest BCUT2D eigenvalue weighted by Gasteiger charge is 2.48. The highest BCUT2D eigenvalue weighted by Crippen LogP contribution is 2.43. The third-order valence-electron chi connectivity index (χ3n) is 11.6. The fourth-order valence-electron chi connectivity index (χ4n) is 8.71. The minimum absolute atomic E-state index is 0.0177. The standard InChI is InChI=1S/C39H55N3O6/c1-2-10-37(40-25-34(44)31-15-17-33(43)38-32(31)16-18-36(45)41-38)47-24-9-8-21-42-22-19-28(20-23-42)35(26-42)48-27-39(46,30-13-6-7-14-30)29-11-4-3-5-12-29/h3-5,11-12,15-18,28,30,34-35,37,40,44,46H,2,6-10,13-14,19-27H2,1H3,(H-,41,43,45)/p+1/t28?,34-,35-,37?,39+,42?/m0/s1. The summed E-state index contributed by atoms with van der Waals surface area (Å²) in [5.41, 5.74) is 0.766. The number of hydrogen-bond donors (Lipinski definition) is 5. The molecule has 1 saturated carbocycles. The number of rotatable bonds is 17. The second kappa shape index (κ2) is 15.8. The lowest BCUT2D eigenvalue weighted by Gasteiger charge is -2.53. The molecule has 9 nitrogen and oxygen atoms in total. The van der Waals surface area contributed by atoms with E-state index in [-0.39, 0.29) is 29.6 Å². The molecule has 0 amide bonds. The molecule has 3 aromatic rings. The minimum atomic E-state index is -0.913. The third-order valence-corrected chi connectivity index (χ3v) is 11.6. The van der Waals surface area contributed by atoms with Crippen LogP contribution >= 0.6 is 0 Å². The predicted octanol–water partition coefficient (Wildman–Crippen LogP) is 5.48. The van der Waals surface area contributed by atoms with Gasteiger partial charge in [0.2, 0.25) is 5.56 Å². The molecule has 7 rings (SSSR count). The number of aliphatic hydroxyl groups excluding tert-OH is 1. The number of fused-ring (bicyclic) bond motifs is 4. The van der Waals surface area contributed by atoms with Crippen molar-refractivity contribution in [2.45, 2.75) is 95.2 Å². The molecular weight excluding hydrogens is 606 g/mol. The monoisotopic (exact) mass is 662 g/mol. The number of hydrogen-bond acceptors (Lipinski definition) is 7. The highest BCUT2D eigenvalue weighted by atomic mass is 16.5. The largest absolute Gasteiger partial charge is 0.506 e. The molecule has 4 aliphatic rings. The van der Waals surface area contributed by atoms with Crippen LogP contribution in [-0.2, 0) is 15.1 Å². The molecule has 5 N–H and O–H groups in total. The number of aromatic hydroxyl groups is 1. The van der Waals surface area contributed by atoms with Crippen molar-refractivity contribution in [3.05, 3.63) is 76.1 Å². The number of benzene rings is 2. The molecule has 1 aromatic heterocycles. The van der Waals surface area contributed by atoms with Gasteiger partial charge < -0.3 is 34.3 Å². The number of aromatic amines is 1. The van der Waals surface area contributed by atoms with Gasteiger partial charge in [-0.25, -0.2) is 0 Å². The van der Waals surface area contributed by atoms with Crippen LogP contribution in [0.4, 0.5) is 0 Å². The van der Waals surface area contributed by atoms with E-state index in [1.54, 1.807) is 12.1 Å². The molecule has 2 bridgehead atoms. The molecule has 4 heterocycles. The van der Waals surface area contributed by atoms with Crippen molar-refractivity contribution in [3.8, 4) is 5.75 Å². The van der Waals surface area contributed by atoms with Gasteiger partial charge in [-0.1, -0.05) is 62.6 Å². The molecule has 1 unspecified atom stereocenters. The summed E-state index contributed by atoms with van der Waals surface area (Å²) in [4.78, 5) is 14.4. The number of unbranched alkanes of at least 4 members (excludes halogenated alkanes) is 1. The van der Waals surface area contributed by atoms with Crippen molar-refractivity contribution in [1.82, 2.24) is 10.3 Å². The van der Waals surface area contributed by atoms with Gasteiger partial charge in [-0.05, 0) is 61.3 Å². The summed E-state index contributed by atoms with van der Waals surface area (Å²) < 4.78 is 14.1. The minimum Gasteiger partial charge on any atom is -0.506 e. The maximum atomic E-state index is 12.0. The first kappa shape index (κ1) is 35.1. The average molecular weight is 663 g/mol. The molecule has 4 fully saturated rings. The van der Waals surface area contributed by atoms with E-state index in [1.165, 1.54) is 50.9 Å². The summed E-state index contributed by atoms with van der Waals surface area (Å²) in [6, 6.07) is 16.5. The SMILES string of the molecule is CCCC(NC[C@H](O)c1ccc(O)c2[nH]c(=O)ccc12)OCCCC[N+]12CCC(CC1)[C@@H](OC[C@@](O)(c1ccccc1)C1CCCC1)C2. The Balaban J connectivity index is 0.969. The molecule has 0 radical (unpaired) electrons. The van der Waals surface area contributed by atoms with Crippen LogP contribution in [0.15, 0.2) is 59.4 Å². The fourth-order valence-corrected chi connectivity index (χ4v) is 8.71. The zero-order chi connectivity index (χ0) is 33.6. The van der Waals surface area contributed by atoms with Gasteiger partial charge in [0.1, 0.15) is 30.2 Å². The molecule has 48 heavy (non-hydrogen) atoms. The molecule has 4 atom stereocenters. The molecule has 0 spiro atoms. The van der Waals surface area contributed by atoms with E-state index in [0.29, 0.717) is 42.1 Å². The van der Waals surface area contributed by atoms with Crippen LogP contribution in [0.1, 0.15) is 88.4 Å². The first-order valence-electron chi connectivity index (χ1n) is 18.4. The van der Waals surface area contributed by atoms with Crippen LogP contribution in [0.2, 0.25) is 0 Å². The van der Waals surface area contributed by atoms with E-state index in [0.717, 1.165) is 61.7 Å². The summed E-state index contributed by atoms with van der Waals surface area (Å²) in [6.45, 7) is 8.07. The zero-order valence-electron chi connectivity index (χ0n) is 28.6. The number of nitrogens with one attached hydrogen (secondary N) is 2. The predicted molar refractivity (Wildman–Crippen MR) is 188 cm³/mol. The van der Waals surface area contributed by atoms with Gasteiger partial charge in [0, 0.05) is 43.4 Å². The lowest BCUT2D eigenvalue weighted by Crippen LogP contribution is -2.64. The number of ether oxygens (including phenoxy) is 2. The first-order chi connectivity index (χ1) is 23.3. The molecule has 2 aromatic carbocycles. The Morgan fingerprint density at radius 3 is 2.54 bits per heavy atom. The van der Waals surface area contributed by atoms with E-state index in [9.17, 15) is 20.1 Å². The van der Waals surface area contributed by atoms with Crippen molar-refractivity contribution < 1.29 is 29.3 Å². The Bertz CT molecular complexity index is 1520. The number of piperidine rings is 3. The third kappa shape index (κ3) is 7.98. The summed E-state index contributed by atoms with van der Waals surface area (Å²) in [5.74, 6) is 0.837. The van der Waals surface area contributed by atoms with Gasteiger partial charge >= 0.3 is 0 Å². The van der Waals surface area contributed by atoms with Crippen LogP contribution < -0.4 is 10.9 Å². The second-order valence-corrected chi connectivity index (χ2v) is 14.7. The lowest BCUT2D eigenvalue weighted by atomic mass is 9.80. The Morgan fingerprint density at radius 1 is 1.02 bits per heavy atom. The van der Waals surface area contributed by atoms with Crippen LogP contribution in [0, 0.1) is 11.8 Å². The molecule has 3 saturated heterocycles. The van der Waals surface area contributed by atoms with Gasteiger partial charge in [0.05, 0.1) is 37.9 Å². The Hall–Kier alpha value is -2.79. The van der Waals surface area contributed by atoms with Crippen molar-refractivity contribution in [2.24, 2.45) is 11.8 Å². The highest BCUT2D eigenvalue weighted by molar-refractivity contribution is 5.87. The van der Waals surface area contributed by atoms with E-state index in [1.807, 2.05) is 18.2 Å². The molecule has 3 aliphatic heterocycles. The fraction of sp³-hybridized carbons (Fsp3) is 0.615. The summed E-state index contributed by atoms with van der Waals surface area (Å²) in [5, 5.41) is 37.2. The normalized spacial score (nSPS) is 25.3. The summed E-state index contributed by atoms with van der Waals surface area (Å²) >= 11 is 0. The number of phenols is 1. The van der Waals surface area contributed by atoms with Gasteiger partial charge in [0.25, 0.3) is 0 Å². The number of aromatic nitrogens is 1. The first-order valence-corrected chi connectivity index (χ1v) is 18.4. The van der Waals surface area contributed by atoms with Crippen molar-refractivity contribution in [3.63, 3.8) is 0 Å². The smallest absolute Gasteiger partial charge is 0.248 e. The average Bonchev–Trinajstić information content (AvgIpc) is 3.67. The van der Waals surface area contributed by atoms with E-state index in [4.69, 9.17) is 9.47 Å². The van der Waals surface area contributed by atoms with Crippen molar-refractivity contribution >= 4 is 10.9 Å². The van der Waals surface area contributed by atoms with Crippen molar-refractivity contribution in [1.29, 1.82) is 0 Å². The van der Waals surface area contributed by atoms with Gasteiger partial charge in [-0.15, -0.1) is 0 Å². The molecule has 1 aliphatic carbocycles. The second-order valence-electron chi connectivity index (χ2n) is 14.7. The van der Waals surface area contributed by atoms with Crippen LogP contribution in [0.5, 0.6) is 5.75 Å². The number of H-pyrrole nitrogens is 1. The molecule has 9 heteroatoms. The maximum Gasteiger partial charge on any atom is 0.248 e. The van der Waals surface area contributed by atoms with Crippen molar-refractivity contribution in [2.75, 3.05) is 45.9 Å². The van der Waals surface area contributed by atoms with Gasteiger partial charge in [-0.2, -0.15) is 0 Å². The van der Waals surface area contributed by atoms with E-state index in [2.05, 4.69) is 29.4 Å². The molecule has 262 valence electrons. The lowest BCUT2D eigenvalue weighted by molar-refractivity contribution is -0.946. The van der Waals surface area contributed by atoms with E-state index >= 15 is 0 Å². The Kier molecular flexibility index (Phi) is 11.6. The zero-order valence-corrected chi connectivity index (χ0v) is 28.6. The molecular formula is C39H56N3O6+. The van der Waals surface area contributed by atoms with Crippen LogP contribution in [0.3, 0.4) is 0 Å². The Labute approximate surface area is 284 Å². The quantitative estimate of drug-likeness (QED) is 0.0737. The summed E-state index contributed by atoms with van der Waals surface area (Å²) in [7, 11) is 0. The number of aliphatic hydroxyl groups is 2.